The van der Waals surface area contributed by atoms with Gasteiger partial charge in [0.05, 0.1) is 25.3 Å². The monoisotopic (exact) mass is 329 g/mol. The molecule has 0 aromatic heterocycles. The van der Waals surface area contributed by atoms with Crippen LogP contribution in [0.1, 0.15) is 53.4 Å². The van der Waals surface area contributed by atoms with Crippen LogP contribution in [0.5, 0.6) is 0 Å². The summed E-state index contributed by atoms with van der Waals surface area (Å²) >= 11 is 0. The first-order chi connectivity index (χ1) is 10.9. The molecule has 0 spiro atoms. The van der Waals surface area contributed by atoms with Gasteiger partial charge in [0, 0.05) is 13.2 Å². The van der Waals surface area contributed by atoms with Crippen LogP contribution in [-0.2, 0) is 18.9 Å². The van der Waals surface area contributed by atoms with Gasteiger partial charge in [-0.05, 0) is 53.4 Å². The molecule has 2 rings (SSSR count). The van der Waals surface area contributed by atoms with Gasteiger partial charge in [-0.25, -0.2) is 4.79 Å². The van der Waals surface area contributed by atoms with Crippen LogP contribution in [0, 0.1) is 0 Å². The smallest absolute Gasteiger partial charge is 0.410 e. The third kappa shape index (κ3) is 5.94. The van der Waals surface area contributed by atoms with E-state index in [1.54, 1.807) is 4.90 Å². The summed E-state index contributed by atoms with van der Waals surface area (Å²) in [6.45, 7) is 10.0. The lowest BCUT2D eigenvalue weighted by molar-refractivity contribution is -0.185. The van der Waals surface area contributed by atoms with Crippen LogP contribution in [-0.4, -0.2) is 61.4 Å². The summed E-state index contributed by atoms with van der Waals surface area (Å²) in [4.78, 5) is 14.2. The van der Waals surface area contributed by atoms with E-state index in [0.29, 0.717) is 19.8 Å². The van der Waals surface area contributed by atoms with E-state index in [1.807, 2.05) is 27.7 Å². The van der Waals surface area contributed by atoms with E-state index in [1.165, 1.54) is 0 Å². The Balaban J connectivity index is 1.92. The molecule has 2 fully saturated rings. The maximum atomic E-state index is 12.4. The number of ether oxygens (including phenoxy) is 4. The number of nitrogens with zero attached hydrogens (tertiary/aromatic N) is 1. The van der Waals surface area contributed by atoms with Crippen molar-refractivity contribution in [2.75, 3.05) is 26.4 Å². The number of rotatable bonds is 5. The fourth-order valence-electron chi connectivity index (χ4n) is 2.96. The number of likely N-dealkylation sites (tertiary alicyclic amines) is 1. The van der Waals surface area contributed by atoms with E-state index >= 15 is 0 Å². The molecular weight excluding hydrogens is 298 g/mol. The van der Waals surface area contributed by atoms with Crippen LogP contribution in [0.25, 0.3) is 0 Å². The average molecular weight is 329 g/mol. The number of amides is 1. The van der Waals surface area contributed by atoms with Crippen molar-refractivity contribution >= 4 is 6.09 Å². The van der Waals surface area contributed by atoms with Gasteiger partial charge < -0.3 is 23.8 Å². The SMILES string of the molecule is CCOC[C@@H]1C[C@H](OC2CCCCO2)CN1C(=O)OC(C)(C)C. The van der Waals surface area contributed by atoms with Crippen molar-refractivity contribution < 1.29 is 23.7 Å². The highest BCUT2D eigenvalue weighted by Crippen LogP contribution is 2.26. The molecule has 6 nitrogen and oxygen atoms in total. The van der Waals surface area contributed by atoms with E-state index < -0.39 is 5.60 Å². The topological polar surface area (TPSA) is 57.2 Å². The van der Waals surface area contributed by atoms with Crippen LogP contribution in [0.4, 0.5) is 4.79 Å². The molecule has 0 radical (unpaired) electrons. The molecule has 2 aliphatic heterocycles. The molecule has 23 heavy (non-hydrogen) atoms. The molecule has 2 heterocycles. The van der Waals surface area contributed by atoms with E-state index in [0.717, 1.165) is 32.3 Å². The number of carbonyl (C=O) groups is 1. The van der Waals surface area contributed by atoms with Crippen molar-refractivity contribution in [3.8, 4) is 0 Å². The first-order valence-electron chi connectivity index (χ1n) is 8.73. The molecule has 1 amide bonds. The predicted octanol–water partition coefficient (Wildman–Crippen LogP) is 2.94. The van der Waals surface area contributed by atoms with E-state index in [-0.39, 0.29) is 24.5 Å². The van der Waals surface area contributed by atoms with Crippen LogP contribution < -0.4 is 0 Å². The zero-order valence-electron chi connectivity index (χ0n) is 14.9. The number of hydrogen-bond acceptors (Lipinski definition) is 5. The maximum absolute atomic E-state index is 12.4. The Hall–Kier alpha value is -0.850. The van der Waals surface area contributed by atoms with Crippen molar-refractivity contribution in [1.82, 2.24) is 4.90 Å². The highest BCUT2D eigenvalue weighted by atomic mass is 16.7. The van der Waals surface area contributed by atoms with Crippen LogP contribution in [0.3, 0.4) is 0 Å². The molecule has 2 aliphatic rings. The minimum atomic E-state index is -0.501. The van der Waals surface area contributed by atoms with Crippen molar-refractivity contribution in [3.05, 3.63) is 0 Å². The van der Waals surface area contributed by atoms with Gasteiger partial charge in [-0.3, -0.25) is 0 Å². The van der Waals surface area contributed by atoms with Crippen LogP contribution >= 0.6 is 0 Å². The third-order valence-corrected chi connectivity index (χ3v) is 4.00. The first kappa shape index (κ1) is 18.5. The summed E-state index contributed by atoms with van der Waals surface area (Å²) in [5.74, 6) is 0. The van der Waals surface area contributed by atoms with Crippen molar-refractivity contribution in [2.24, 2.45) is 0 Å². The molecule has 0 N–H and O–H groups in total. The standard InChI is InChI=1S/C17H31NO5/c1-5-20-12-13-10-14(22-15-8-6-7-9-21-15)11-18(13)16(19)23-17(2,3)4/h13-15H,5-12H2,1-4H3/t13-,14-,15?/m0/s1. The molecule has 2 saturated heterocycles. The number of carbonyl (C=O) groups excluding carboxylic acids is 1. The molecule has 0 aliphatic carbocycles. The Kier molecular flexibility index (Phi) is 6.68. The molecule has 134 valence electrons. The summed E-state index contributed by atoms with van der Waals surface area (Å²) in [5, 5.41) is 0. The number of hydrogen-bond donors (Lipinski definition) is 0. The van der Waals surface area contributed by atoms with Gasteiger partial charge in [0.1, 0.15) is 5.60 Å². The summed E-state index contributed by atoms with van der Waals surface area (Å²) in [6.07, 6.45) is 3.48. The summed E-state index contributed by atoms with van der Waals surface area (Å²) in [5.41, 5.74) is -0.501. The second kappa shape index (κ2) is 8.31. The Morgan fingerprint density at radius 1 is 1.30 bits per heavy atom. The molecule has 1 unspecified atom stereocenters. The van der Waals surface area contributed by atoms with Gasteiger partial charge in [-0.1, -0.05) is 0 Å². The van der Waals surface area contributed by atoms with Gasteiger partial charge in [-0.2, -0.15) is 0 Å². The van der Waals surface area contributed by atoms with Crippen LogP contribution in [0.15, 0.2) is 0 Å². The van der Waals surface area contributed by atoms with Gasteiger partial charge in [-0.15, -0.1) is 0 Å². The van der Waals surface area contributed by atoms with E-state index in [4.69, 9.17) is 18.9 Å². The third-order valence-electron chi connectivity index (χ3n) is 4.00. The van der Waals surface area contributed by atoms with E-state index in [9.17, 15) is 4.79 Å². The Labute approximate surface area is 139 Å². The fourth-order valence-corrected chi connectivity index (χ4v) is 2.96. The summed E-state index contributed by atoms with van der Waals surface area (Å²) in [7, 11) is 0. The highest BCUT2D eigenvalue weighted by Gasteiger charge is 2.39. The Bertz CT molecular complexity index is 376. The lowest BCUT2D eigenvalue weighted by Crippen LogP contribution is -2.42. The van der Waals surface area contributed by atoms with Gasteiger partial charge in [0.15, 0.2) is 6.29 Å². The minimum absolute atomic E-state index is 0.00149. The van der Waals surface area contributed by atoms with Gasteiger partial charge >= 0.3 is 6.09 Å². The molecule has 3 atom stereocenters. The highest BCUT2D eigenvalue weighted by molar-refractivity contribution is 5.69. The lowest BCUT2D eigenvalue weighted by Gasteiger charge is -2.28. The maximum Gasteiger partial charge on any atom is 0.410 e. The lowest BCUT2D eigenvalue weighted by atomic mass is 10.2. The zero-order chi connectivity index (χ0) is 16.9. The molecule has 0 saturated carbocycles. The fraction of sp³-hybridized carbons (Fsp3) is 0.941. The quantitative estimate of drug-likeness (QED) is 0.776. The Morgan fingerprint density at radius 2 is 2.09 bits per heavy atom. The molecule has 0 aromatic rings. The van der Waals surface area contributed by atoms with E-state index in [2.05, 4.69) is 0 Å². The zero-order valence-corrected chi connectivity index (χ0v) is 14.9. The molecule has 6 heteroatoms. The Morgan fingerprint density at radius 3 is 2.70 bits per heavy atom. The van der Waals surface area contributed by atoms with Gasteiger partial charge in [0.2, 0.25) is 0 Å². The second-order valence-corrected chi connectivity index (χ2v) is 7.24. The molecule has 0 bridgehead atoms. The normalized spacial score (nSPS) is 28.9. The summed E-state index contributed by atoms with van der Waals surface area (Å²) in [6, 6.07) is -0.00149. The van der Waals surface area contributed by atoms with Crippen molar-refractivity contribution in [3.63, 3.8) is 0 Å². The van der Waals surface area contributed by atoms with Gasteiger partial charge in [0.25, 0.3) is 0 Å². The predicted molar refractivity (Wildman–Crippen MR) is 86.3 cm³/mol. The van der Waals surface area contributed by atoms with Crippen LogP contribution in [0.2, 0.25) is 0 Å². The first-order valence-corrected chi connectivity index (χ1v) is 8.73. The average Bonchev–Trinajstić information content (AvgIpc) is 2.87. The summed E-state index contributed by atoms with van der Waals surface area (Å²) < 4.78 is 22.7. The molecular formula is C17H31NO5. The van der Waals surface area contributed by atoms with Crippen molar-refractivity contribution in [2.45, 2.75) is 77.4 Å². The van der Waals surface area contributed by atoms with Crippen molar-refractivity contribution in [1.29, 1.82) is 0 Å². The molecule has 0 aromatic carbocycles. The largest absolute Gasteiger partial charge is 0.444 e. The second-order valence-electron chi connectivity index (χ2n) is 7.24. The minimum Gasteiger partial charge on any atom is -0.444 e.